The predicted molar refractivity (Wildman–Crippen MR) is 73.8 cm³/mol. The summed E-state index contributed by atoms with van der Waals surface area (Å²) in [5.41, 5.74) is 0.683. The van der Waals surface area contributed by atoms with Crippen LogP contribution in [0, 0.1) is 0 Å². The van der Waals surface area contributed by atoms with E-state index in [0.717, 1.165) is 5.75 Å². The average Bonchev–Trinajstić information content (AvgIpc) is 2.42. The van der Waals surface area contributed by atoms with Crippen LogP contribution in [0.2, 0.25) is 0 Å². The first-order valence-corrected chi connectivity index (χ1v) is 6.24. The van der Waals surface area contributed by atoms with Gasteiger partial charge >= 0.3 is 0 Å². The van der Waals surface area contributed by atoms with E-state index < -0.39 is 0 Å². The van der Waals surface area contributed by atoms with Crippen LogP contribution in [0.3, 0.4) is 0 Å². The van der Waals surface area contributed by atoms with Crippen molar-refractivity contribution in [3.63, 3.8) is 0 Å². The van der Waals surface area contributed by atoms with Crippen LogP contribution < -0.4 is 4.74 Å². The Bertz CT molecular complexity index is 384. The predicted octanol–water partition coefficient (Wildman–Crippen LogP) is 2.49. The number of ketones is 1. The van der Waals surface area contributed by atoms with Gasteiger partial charge in [0.05, 0.1) is 26.4 Å². The Labute approximate surface area is 114 Å². The number of hydrogen-bond donors (Lipinski definition) is 0. The molecule has 0 bridgehead atoms. The summed E-state index contributed by atoms with van der Waals surface area (Å²) in [4.78, 5) is 11.1. The maximum atomic E-state index is 11.1. The van der Waals surface area contributed by atoms with Gasteiger partial charge in [-0.05, 0) is 31.2 Å². The molecule has 1 aromatic carbocycles. The first-order valence-electron chi connectivity index (χ1n) is 6.24. The zero-order valence-corrected chi connectivity index (χ0v) is 11.3. The van der Waals surface area contributed by atoms with Crippen molar-refractivity contribution in [3.8, 4) is 5.75 Å². The van der Waals surface area contributed by atoms with Gasteiger partial charge in [0.15, 0.2) is 5.78 Å². The van der Waals surface area contributed by atoms with Gasteiger partial charge < -0.3 is 14.2 Å². The lowest BCUT2D eigenvalue weighted by Crippen LogP contribution is -2.10. The minimum Gasteiger partial charge on any atom is -0.491 e. The molecule has 4 heteroatoms. The molecule has 0 atom stereocenters. The Morgan fingerprint density at radius 1 is 1.11 bits per heavy atom. The maximum absolute atomic E-state index is 11.1. The molecule has 0 fully saturated rings. The monoisotopic (exact) mass is 264 g/mol. The molecule has 0 N–H and O–H groups in total. The molecule has 0 aliphatic heterocycles. The number of carbonyl (C=O) groups excluding carboxylic acids is 1. The summed E-state index contributed by atoms with van der Waals surface area (Å²) in [6.07, 6.45) is 1.70. The molecule has 0 aromatic heterocycles. The van der Waals surface area contributed by atoms with Gasteiger partial charge in [-0.2, -0.15) is 0 Å². The van der Waals surface area contributed by atoms with E-state index in [1.165, 1.54) is 6.92 Å². The van der Waals surface area contributed by atoms with E-state index in [-0.39, 0.29) is 5.78 Å². The van der Waals surface area contributed by atoms with Crippen LogP contribution in [0.1, 0.15) is 17.3 Å². The third-order valence-electron chi connectivity index (χ3n) is 2.36. The third-order valence-corrected chi connectivity index (χ3v) is 2.36. The van der Waals surface area contributed by atoms with E-state index >= 15 is 0 Å². The van der Waals surface area contributed by atoms with Crippen LogP contribution in [-0.4, -0.2) is 38.8 Å². The molecule has 0 saturated carbocycles. The molecule has 1 aromatic rings. The van der Waals surface area contributed by atoms with E-state index in [9.17, 15) is 4.79 Å². The highest BCUT2D eigenvalue weighted by Crippen LogP contribution is 2.12. The van der Waals surface area contributed by atoms with Crippen molar-refractivity contribution in [1.29, 1.82) is 0 Å². The van der Waals surface area contributed by atoms with Crippen LogP contribution in [0.4, 0.5) is 0 Å². The summed E-state index contributed by atoms with van der Waals surface area (Å²) in [5, 5.41) is 0. The Kier molecular flexibility index (Phi) is 7.54. The second-order valence-electron chi connectivity index (χ2n) is 3.90. The Morgan fingerprint density at radius 2 is 1.74 bits per heavy atom. The first kappa shape index (κ1) is 15.4. The molecule has 4 nitrogen and oxygen atoms in total. The van der Waals surface area contributed by atoms with E-state index in [1.54, 1.807) is 30.3 Å². The van der Waals surface area contributed by atoms with Crippen molar-refractivity contribution >= 4 is 5.78 Å². The molecular formula is C15H20O4. The number of ether oxygens (including phenoxy) is 3. The van der Waals surface area contributed by atoms with Gasteiger partial charge in [0, 0.05) is 5.56 Å². The van der Waals surface area contributed by atoms with Crippen molar-refractivity contribution in [2.24, 2.45) is 0 Å². The van der Waals surface area contributed by atoms with Gasteiger partial charge in [-0.25, -0.2) is 0 Å². The number of carbonyl (C=O) groups is 1. The molecule has 0 radical (unpaired) electrons. The fourth-order valence-corrected chi connectivity index (χ4v) is 1.39. The third kappa shape index (κ3) is 6.74. The summed E-state index contributed by atoms with van der Waals surface area (Å²) >= 11 is 0. The molecule has 19 heavy (non-hydrogen) atoms. The smallest absolute Gasteiger partial charge is 0.159 e. The summed E-state index contributed by atoms with van der Waals surface area (Å²) in [7, 11) is 0. The molecule has 104 valence electrons. The summed E-state index contributed by atoms with van der Waals surface area (Å²) in [6, 6.07) is 7.07. The Morgan fingerprint density at radius 3 is 2.37 bits per heavy atom. The zero-order chi connectivity index (χ0) is 13.9. The second-order valence-corrected chi connectivity index (χ2v) is 3.90. The van der Waals surface area contributed by atoms with Gasteiger partial charge in [0.1, 0.15) is 12.4 Å². The second kappa shape index (κ2) is 9.30. The molecule has 0 amide bonds. The number of rotatable bonds is 10. The lowest BCUT2D eigenvalue weighted by atomic mass is 10.1. The van der Waals surface area contributed by atoms with Gasteiger partial charge in [-0.15, -0.1) is 6.58 Å². The summed E-state index contributed by atoms with van der Waals surface area (Å²) in [6.45, 7) is 7.71. The molecular weight excluding hydrogens is 244 g/mol. The zero-order valence-electron chi connectivity index (χ0n) is 11.3. The van der Waals surface area contributed by atoms with Crippen LogP contribution in [0.5, 0.6) is 5.75 Å². The Hall–Kier alpha value is -1.65. The molecule has 0 heterocycles. The van der Waals surface area contributed by atoms with Gasteiger partial charge in [-0.3, -0.25) is 4.79 Å². The number of Topliss-reactive ketones (excluding diaryl/α,β-unsaturated/α-hetero) is 1. The Balaban J connectivity index is 2.09. The fraction of sp³-hybridized carbons (Fsp3) is 0.400. The lowest BCUT2D eigenvalue weighted by Gasteiger charge is -2.07. The highest BCUT2D eigenvalue weighted by molar-refractivity contribution is 5.94. The van der Waals surface area contributed by atoms with Gasteiger partial charge in [-0.1, -0.05) is 6.08 Å². The molecule has 1 rings (SSSR count). The average molecular weight is 264 g/mol. The van der Waals surface area contributed by atoms with E-state index in [4.69, 9.17) is 14.2 Å². The standard InChI is InChI=1S/C15H20O4/c1-3-8-17-9-10-18-11-12-19-15-6-4-14(5-7-15)13(2)16/h3-7H,1,8-12H2,2H3. The van der Waals surface area contributed by atoms with Crippen molar-refractivity contribution in [2.75, 3.05) is 33.0 Å². The van der Waals surface area contributed by atoms with Crippen molar-refractivity contribution in [1.82, 2.24) is 0 Å². The number of hydrogen-bond acceptors (Lipinski definition) is 4. The maximum Gasteiger partial charge on any atom is 0.159 e. The fourth-order valence-electron chi connectivity index (χ4n) is 1.39. The van der Waals surface area contributed by atoms with Crippen molar-refractivity contribution in [2.45, 2.75) is 6.92 Å². The molecule has 0 spiro atoms. The largest absolute Gasteiger partial charge is 0.491 e. The SMILES string of the molecule is C=CCOCCOCCOc1ccc(C(C)=O)cc1. The molecule has 0 aliphatic carbocycles. The van der Waals surface area contributed by atoms with Crippen molar-refractivity contribution in [3.05, 3.63) is 42.5 Å². The molecule has 0 unspecified atom stereocenters. The van der Waals surface area contributed by atoms with Crippen LogP contribution in [0.25, 0.3) is 0 Å². The molecule has 0 aliphatic rings. The first-order chi connectivity index (χ1) is 9.24. The quantitative estimate of drug-likeness (QED) is 0.370. The topological polar surface area (TPSA) is 44.8 Å². The van der Waals surface area contributed by atoms with Crippen LogP contribution >= 0.6 is 0 Å². The lowest BCUT2D eigenvalue weighted by molar-refractivity contribution is 0.0449. The minimum absolute atomic E-state index is 0.0504. The van der Waals surface area contributed by atoms with E-state index in [1.807, 2.05) is 0 Å². The van der Waals surface area contributed by atoms with Crippen LogP contribution in [0.15, 0.2) is 36.9 Å². The summed E-state index contributed by atoms with van der Waals surface area (Å²) in [5.74, 6) is 0.783. The normalized spacial score (nSPS) is 10.2. The highest BCUT2D eigenvalue weighted by atomic mass is 16.5. The van der Waals surface area contributed by atoms with E-state index in [2.05, 4.69) is 6.58 Å². The highest BCUT2D eigenvalue weighted by Gasteiger charge is 1.99. The van der Waals surface area contributed by atoms with E-state index in [0.29, 0.717) is 38.6 Å². The van der Waals surface area contributed by atoms with Crippen molar-refractivity contribution < 1.29 is 19.0 Å². The van der Waals surface area contributed by atoms with Gasteiger partial charge in [0.2, 0.25) is 0 Å². The van der Waals surface area contributed by atoms with Crippen LogP contribution in [-0.2, 0) is 9.47 Å². The minimum atomic E-state index is 0.0504. The van der Waals surface area contributed by atoms with Gasteiger partial charge in [0.25, 0.3) is 0 Å². The molecule has 0 saturated heterocycles. The number of benzene rings is 1. The summed E-state index contributed by atoms with van der Waals surface area (Å²) < 4.78 is 16.0.